The van der Waals surface area contributed by atoms with Gasteiger partial charge in [-0.3, -0.25) is 5.32 Å². The van der Waals surface area contributed by atoms with Crippen LogP contribution in [-0.2, 0) is 30.5 Å². The molecule has 13 heteroatoms. The molecule has 2 heterocycles. The second-order valence-electron chi connectivity index (χ2n) is 12.5. The predicted octanol–water partition coefficient (Wildman–Crippen LogP) is 5.91. The summed E-state index contributed by atoms with van der Waals surface area (Å²) in [4.78, 5) is 42.5. The number of amides is 2. The number of imidazole rings is 1. The molecule has 2 aromatic rings. The minimum absolute atomic E-state index is 0.235. The molecule has 2 atom stereocenters. The number of carbonyl (C=O) groups is 3. The number of esters is 1. The van der Waals surface area contributed by atoms with Crippen LogP contribution >= 0.6 is 0 Å². The minimum Gasteiger partial charge on any atom is -0.467 e. The summed E-state index contributed by atoms with van der Waals surface area (Å²) in [6.07, 6.45) is 5.12. The molecule has 1 aromatic heterocycles. The summed E-state index contributed by atoms with van der Waals surface area (Å²) in [6.45, 7) is 13.1. The first-order valence-corrected chi connectivity index (χ1v) is 18.0. The number of methoxy groups -OCH3 is 2. The van der Waals surface area contributed by atoms with Crippen molar-refractivity contribution in [2.24, 2.45) is 0 Å². The molecule has 0 saturated heterocycles. The predicted molar refractivity (Wildman–Crippen MR) is 168 cm³/mol. The zero-order chi connectivity index (χ0) is 31.8. The van der Waals surface area contributed by atoms with E-state index in [2.05, 4.69) is 35.6 Å². The second-order valence-corrected chi connectivity index (χ2v) is 18.2. The first-order chi connectivity index (χ1) is 20.2. The zero-order valence-corrected chi connectivity index (χ0v) is 27.4. The van der Waals surface area contributed by atoms with E-state index in [4.69, 9.17) is 23.9 Å². The highest BCUT2D eigenvalue weighted by Gasteiger charge is 2.27. The van der Waals surface area contributed by atoms with Crippen LogP contribution in [0.15, 0.2) is 36.5 Å². The maximum absolute atomic E-state index is 12.9. The number of benzene rings is 1. The van der Waals surface area contributed by atoms with Gasteiger partial charge in [0.2, 0.25) is 0 Å². The molecule has 0 aliphatic carbocycles. The number of hydrogen-bond donors (Lipinski definition) is 3. The van der Waals surface area contributed by atoms with E-state index >= 15 is 0 Å². The van der Waals surface area contributed by atoms with Gasteiger partial charge in [0.15, 0.2) is 0 Å². The fourth-order valence-electron chi connectivity index (χ4n) is 4.30. The molecular formula is C30H45N5O7Si. The van der Waals surface area contributed by atoms with E-state index in [0.717, 1.165) is 6.04 Å². The first-order valence-electron chi connectivity index (χ1n) is 14.3. The molecule has 1 aliphatic rings. The van der Waals surface area contributed by atoms with E-state index in [0.29, 0.717) is 47.9 Å². The zero-order valence-electron chi connectivity index (χ0n) is 26.4. The van der Waals surface area contributed by atoms with E-state index in [-0.39, 0.29) is 6.73 Å². The maximum atomic E-state index is 12.9. The van der Waals surface area contributed by atoms with E-state index in [9.17, 15) is 14.4 Å². The van der Waals surface area contributed by atoms with Crippen molar-refractivity contribution in [3.63, 3.8) is 0 Å². The van der Waals surface area contributed by atoms with E-state index in [1.54, 1.807) is 39.0 Å². The van der Waals surface area contributed by atoms with Gasteiger partial charge in [-0.1, -0.05) is 31.8 Å². The molecule has 0 fully saturated rings. The van der Waals surface area contributed by atoms with Gasteiger partial charge >= 0.3 is 18.2 Å². The standard InChI is InChI=1S/C30H45N5O7Si/c1-30(2,3)42-29(38)34-22-11-9-10-12-23(27(36)39-4)32-24-17-20(31-28(37)40-5)13-14-21(24)25-18-35(26(22)33-25)19-41-15-16-43(6,7)8/h9-10,13-14,17-18,22-23,32H,11-12,15-16,19H2,1-8H3,(H,31,37)(H,34,38)/b10-9-/t22-,23+/m0/s1. The Labute approximate surface area is 254 Å². The van der Waals surface area contributed by atoms with E-state index < -0.39 is 43.9 Å². The molecule has 0 saturated carbocycles. The smallest absolute Gasteiger partial charge is 0.411 e. The fourth-order valence-corrected chi connectivity index (χ4v) is 5.06. The molecule has 236 valence electrons. The lowest BCUT2D eigenvalue weighted by Crippen LogP contribution is -2.36. The van der Waals surface area contributed by atoms with Gasteiger partial charge in [0.05, 0.1) is 26.0 Å². The van der Waals surface area contributed by atoms with Crippen molar-refractivity contribution >= 4 is 37.6 Å². The Bertz CT molecular complexity index is 1310. The van der Waals surface area contributed by atoms with Crippen LogP contribution < -0.4 is 16.0 Å². The molecule has 3 rings (SSSR count). The van der Waals surface area contributed by atoms with Crippen LogP contribution in [0.1, 0.15) is 45.5 Å². The number of nitrogens with zero attached hydrogens (tertiary/aromatic N) is 2. The summed E-state index contributed by atoms with van der Waals surface area (Å²) < 4.78 is 23.3. The topological polar surface area (TPSA) is 142 Å². The highest BCUT2D eigenvalue weighted by molar-refractivity contribution is 6.76. The van der Waals surface area contributed by atoms with Crippen LogP contribution in [-0.4, -0.2) is 68.3 Å². The Morgan fingerprint density at radius 3 is 2.44 bits per heavy atom. The average Bonchev–Trinajstić information content (AvgIpc) is 3.33. The van der Waals surface area contributed by atoms with Crippen LogP contribution in [0.2, 0.25) is 25.7 Å². The summed E-state index contributed by atoms with van der Waals surface area (Å²) in [5.41, 5.74) is 1.58. The number of nitrogens with one attached hydrogen (secondary N) is 3. The number of alkyl carbamates (subject to hydrolysis) is 1. The first kappa shape index (κ1) is 33.7. The molecule has 43 heavy (non-hydrogen) atoms. The quantitative estimate of drug-likeness (QED) is 0.109. The highest BCUT2D eigenvalue weighted by atomic mass is 28.3. The van der Waals surface area contributed by atoms with Crippen molar-refractivity contribution in [1.29, 1.82) is 0 Å². The van der Waals surface area contributed by atoms with Crippen LogP contribution in [0, 0.1) is 0 Å². The van der Waals surface area contributed by atoms with Crippen molar-refractivity contribution in [2.75, 3.05) is 31.5 Å². The molecule has 0 spiro atoms. The third-order valence-electron chi connectivity index (χ3n) is 6.49. The Balaban J connectivity index is 2.11. The summed E-state index contributed by atoms with van der Waals surface area (Å²) in [5, 5.41) is 8.90. The lowest BCUT2D eigenvalue weighted by molar-refractivity contribution is -0.141. The summed E-state index contributed by atoms with van der Waals surface area (Å²) in [5.74, 6) is 0.135. The largest absolute Gasteiger partial charge is 0.467 e. The Morgan fingerprint density at radius 1 is 1.07 bits per heavy atom. The molecule has 0 radical (unpaired) electrons. The molecule has 3 N–H and O–H groups in total. The van der Waals surface area contributed by atoms with Gasteiger partial charge in [0.1, 0.15) is 24.2 Å². The summed E-state index contributed by atoms with van der Waals surface area (Å²) in [7, 11) is 1.31. The van der Waals surface area contributed by atoms with Crippen molar-refractivity contribution in [1.82, 2.24) is 14.9 Å². The molecular weight excluding hydrogens is 570 g/mol. The fraction of sp³-hybridized carbons (Fsp3) is 0.533. The van der Waals surface area contributed by atoms with Crippen molar-refractivity contribution in [3.05, 3.63) is 42.4 Å². The minimum atomic E-state index is -1.30. The van der Waals surface area contributed by atoms with Gasteiger partial charge in [-0.05, 0) is 57.9 Å². The molecule has 2 amide bonds. The van der Waals surface area contributed by atoms with Gasteiger partial charge in [0.25, 0.3) is 0 Å². The van der Waals surface area contributed by atoms with Crippen molar-refractivity contribution in [2.45, 2.75) is 83.7 Å². The van der Waals surface area contributed by atoms with E-state index in [1.165, 1.54) is 14.2 Å². The lowest BCUT2D eigenvalue weighted by Gasteiger charge is -2.24. The monoisotopic (exact) mass is 615 g/mol. The van der Waals surface area contributed by atoms with Crippen LogP contribution in [0.5, 0.6) is 0 Å². The number of ether oxygens (including phenoxy) is 4. The van der Waals surface area contributed by atoms with E-state index in [1.807, 2.05) is 22.9 Å². The normalized spacial score (nSPS) is 17.7. The SMILES string of the molecule is COC(=O)Nc1ccc2c(c1)N[C@@H](C(=O)OC)C/C=C\C[C@H](NC(=O)OC(C)(C)C)c1nc-2cn1COCC[Si](C)(C)C. The third-order valence-corrected chi connectivity index (χ3v) is 8.19. The van der Waals surface area contributed by atoms with Crippen LogP contribution in [0.25, 0.3) is 11.3 Å². The number of hydrogen-bond acceptors (Lipinski definition) is 9. The lowest BCUT2D eigenvalue weighted by atomic mass is 10.1. The highest BCUT2D eigenvalue weighted by Crippen LogP contribution is 2.33. The van der Waals surface area contributed by atoms with Crippen LogP contribution in [0.3, 0.4) is 0 Å². The Hall–Kier alpha value is -3.84. The summed E-state index contributed by atoms with van der Waals surface area (Å²) >= 11 is 0. The molecule has 12 nitrogen and oxygen atoms in total. The van der Waals surface area contributed by atoms with Gasteiger partial charge in [0, 0.05) is 37.8 Å². The van der Waals surface area contributed by atoms with Crippen molar-refractivity contribution in [3.8, 4) is 11.3 Å². The number of rotatable bonds is 8. The third kappa shape index (κ3) is 10.4. The number of anilines is 2. The molecule has 2 bridgehead atoms. The number of aromatic nitrogens is 2. The molecule has 1 aliphatic heterocycles. The number of fused-ring (bicyclic) bond motifs is 4. The Kier molecular flexibility index (Phi) is 11.4. The van der Waals surface area contributed by atoms with Crippen LogP contribution in [0.4, 0.5) is 21.0 Å². The second kappa shape index (κ2) is 14.6. The van der Waals surface area contributed by atoms with Gasteiger partial charge in [-0.25, -0.2) is 19.4 Å². The van der Waals surface area contributed by atoms with Crippen molar-refractivity contribution < 1.29 is 33.3 Å². The van der Waals surface area contributed by atoms with Gasteiger partial charge in [-0.15, -0.1) is 0 Å². The van der Waals surface area contributed by atoms with Gasteiger partial charge < -0.3 is 34.1 Å². The summed E-state index contributed by atoms with van der Waals surface area (Å²) in [6, 6.07) is 4.95. The maximum Gasteiger partial charge on any atom is 0.411 e. The Morgan fingerprint density at radius 2 is 1.79 bits per heavy atom. The van der Waals surface area contributed by atoms with Gasteiger partial charge in [-0.2, -0.15) is 0 Å². The average molecular weight is 616 g/mol. The number of carbonyl (C=O) groups excluding carboxylic acids is 3. The molecule has 0 unspecified atom stereocenters. The molecule has 1 aromatic carbocycles.